The fraction of sp³-hybridized carbons (Fsp3) is 0.154. The van der Waals surface area contributed by atoms with Gasteiger partial charge in [-0.05, 0) is 30.7 Å². The summed E-state index contributed by atoms with van der Waals surface area (Å²) in [4.78, 5) is 11.2. The molecule has 0 saturated carbocycles. The molecule has 0 atom stereocenters. The summed E-state index contributed by atoms with van der Waals surface area (Å²) >= 11 is 0. The molecule has 1 aromatic heterocycles. The van der Waals surface area contributed by atoms with Crippen molar-refractivity contribution in [2.24, 2.45) is 0 Å². The highest BCUT2D eigenvalue weighted by Gasteiger charge is 2.20. The Morgan fingerprint density at radius 3 is 2.53 bits per heavy atom. The van der Waals surface area contributed by atoms with Gasteiger partial charge in [-0.15, -0.1) is 0 Å². The van der Waals surface area contributed by atoms with Crippen LogP contribution in [0, 0.1) is 5.82 Å². The number of hydrogen-bond donors (Lipinski definition) is 1. The van der Waals surface area contributed by atoms with E-state index in [1.165, 1.54) is 30.5 Å². The Balaban J connectivity index is 2.55. The predicted octanol–water partition coefficient (Wildman–Crippen LogP) is 3.35. The maximum atomic E-state index is 12.8. The average Bonchev–Trinajstić information content (AvgIpc) is 2.73. The van der Waals surface area contributed by atoms with Crippen molar-refractivity contribution in [3.8, 4) is 11.3 Å². The molecule has 0 aliphatic carbocycles. The first kappa shape index (κ1) is 11.4. The minimum atomic E-state index is -1.03. The molecule has 2 aromatic rings. The fourth-order valence-electron chi connectivity index (χ4n) is 1.70. The summed E-state index contributed by atoms with van der Waals surface area (Å²) in [6.07, 6.45) is 2.01. The summed E-state index contributed by atoms with van der Waals surface area (Å²) < 4.78 is 18.1. The van der Waals surface area contributed by atoms with Gasteiger partial charge in [0, 0.05) is 11.1 Å². The third kappa shape index (κ3) is 2.06. The van der Waals surface area contributed by atoms with Crippen LogP contribution in [0.1, 0.15) is 22.8 Å². The Morgan fingerprint density at radius 2 is 2.00 bits per heavy atom. The van der Waals surface area contributed by atoms with Crippen LogP contribution in [0.5, 0.6) is 0 Å². The zero-order valence-corrected chi connectivity index (χ0v) is 9.24. The monoisotopic (exact) mass is 234 g/mol. The summed E-state index contributed by atoms with van der Waals surface area (Å²) in [5.74, 6) is -1.13. The number of hydrogen-bond acceptors (Lipinski definition) is 2. The van der Waals surface area contributed by atoms with Crippen LogP contribution in [0.2, 0.25) is 0 Å². The quantitative estimate of drug-likeness (QED) is 0.885. The Labute approximate surface area is 97.5 Å². The molecule has 0 amide bonds. The number of furan rings is 1. The van der Waals surface area contributed by atoms with Crippen molar-refractivity contribution in [1.82, 2.24) is 0 Å². The normalized spacial score (nSPS) is 10.5. The minimum Gasteiger partial charge on any atom is -0.478 e. The van der Waals surface area contributed by atoms with Crippen LogP contribution in [-0.4, -0.2) is 11.1 Å². The summed E-state index contributed by atoms with van der Waals surface area (Å²) in [6, 6.07) is 5.55. The van der Waals surface area contributed by atoms with Gasteiger partial charge < -0.3 is 9.52 Å². The molecule has 0 unspecified atom stereocenters. The summed E-state index contributed by atoms with van der Waals surface area (Å²) in [5, 5.41) is 9.15. The molecule has 0 spiro atoms. The molecule has 0 radical (unpaired) electrons. The zero-order chi connectivity index (χ0) is 12.4. The van der Waals surface area contributed by atoms with E-state index in [1.54, 1.807) is 0 Å². The fourth-order valence-corrected chi connectivity index (χ4v) is 1.70. The average molecular weight is 234 g/mol. The van der Waals surface area contributed by atoms with Crippen molar-refractivity contribution >= 4 is 5.97 Å². The third-order valence-corrected chi connectivity index (χ3v) is 2.57. The van der Waals surface area contributed by atoms with Crippen LogP contribution in [0.15, 0.2) is 34.9 Å². The summed E-state index contributed by atoms with van der Waals surface area (Å²) in [5.41, 5.74) is 1.35. The van der Waals surface area contributed by atoms with Gasteiger partial charge in [-0.25, -0.2) is 9.18 Å². The Bertz CT molecular complexity index is 540. The minimum absolute atomic E-state index is 0.152. The van der Waals surface area contributed by atoms with Crippen molar-refractivity contribution in [1.29, 1.82) is 0 Å². The Hall–Kier alpha value is -2.10. The largest absolute Gasteiger partial charge is 0.478 e. The lowest BCUT2D eigenvalue weighted by Crippen LogP contribution is -2.00. The molecule has 0 aliphatic heterocycles. The summed E-state index contributed by atoms with van der Waals surface area (Å²) in [6.45, 7) is 1.85. The highest BCUT2D eigenvalue weighted by atomic mass is 19.1. The van der Waals surface area contributed by atoms with Crippen LogP contribution in [-0.2, 0) is 6.42 Å². The molecule has 0 saturated heterocycles. The van der Waals surface area contributed by atoms with Crippen LogP contribution in [0.3, 0.4) is 0 Å². The third-order valence-electron chi connectivity index (χ3n) is 2.57. The van der Waals surface area contributed by atoms with Gasteiger partial charge in [0.1, 0.15) is 17.1 Å². The first-order valence-electron chi connectivity index (χ1n) is 5.23. The van der Waals surface area contributed by atoms with Gasteiger partial charge >= 0.3 is 5.97 Å². The van der Waals surface area contributed by atoms with E-state index in [0.29, 0.717) is 17.5 Å². The summed E-state index contributed by atoms with van der Waals surface area (Å²) in [7, 11) is 0. The van der Waals surface area contributed by atoms with Crippen molar-refractivity contribution in [3.05, 3.63) is 47.5 Å². The number of aromatic carboxylic acids is 1. The van der Waals surface area contributed by atoms with Gasteiger partial charge in [0.2, 0.25) is 0 Å². The Kier molecular flexibility index (Phi) is 2.95. The number of carboxylic acids is 1. The smallest absolute Gasteiger partial charge is 0.339 e. The first-order valence-corrected chi connectivity index (χ1v) is 5.23. The maximum Gasteiger partial charge on any atom is 0.339 e. The number of aryl methyl sites for hydroxylation is 1. The van der Waals surface area contributed by atoms with E-state index in [2.05, 4.69) is 0 Å². The second-order valence-electron chi connectivity index (χ2n) is 3.63. The topological polar surface area (TPSA) is 50.4 Å². The number of carboxylic acid groups (broad SMARTS) is 1. The standard InChI is InChI=1S/C13H11FO3/c1-2-8-7-17-12(11(8)13(15)16)9-3-5-10(14)6-4-9/h3-7H,2H2,1H3,(H,15,16). The number of rotatable bonds is 3. The SMILES string of the molecule is CCc1coc(-c2ccc(F)cc2)c1C(=O)O. The highest BCUT2D eigenvalue weighted by molar-refractivity contribution is 5.96. The van der Waals surface area contributed by atoms with Crippen LogP contribution in [0.4, 0.5) is 4.39 Å². The molecule has 88 valence electrons. The van der Waals surface area contributed by atoms with E-state index >= 15 is 0 Å². The number of halogens is 1. The zero-order valence-electron chi connectivity index (χ0n) is 9.24. The molecule has 0 bridgehead atoms. The van der Waals surface area contributed by atoms with Crippen molar-refractivity contribution in [3.63, 3.8) is 0 Å². The second kappa shape index (κ2) is 4.41. The van der Waals surface area contributed by atoms with Crippen molar-refractivity contribution in [2.45, 2.75) is 13.3 Å². The Morgan fingerprint density at radius 1 is 1.35 bits per heavy atom. The van der Waals surface area contributed by atoms with E-state index < -0.39 is 5.97 Å². The van der Waals surface area contributed by atoms with Crippen LogP contribution >= 0.6 is 0 Å². The van der Waals surface area contributed by atoms with E-state index in [1.807, 2.05) is 6.92 Å². The molecule has 1 aromatic carbocycles. The van der Waals surface area contributed by atoms with Gasteiger partial charge in [0.15, 0.2) is 0 Å². The second-order valence-corrected chi connectivity index (χ2v) is 3.63. The van der Waals surface area contributed by atoms with E-state index in [4.69, 9.17) is 9.52 Å². The molecule has 17 heavy (non-hydrogen) atoms. The van der Waals surface area contributed by atoms with Gasteiger partial charge in [0.25, 0.3) is 0 Å². The predicted molar refractivity (Wildman–Crippen MR) is 60.4 cm³/mol. The lowest BCUT2D eigenvalue weighted by molar-refractivity contribution is 0.0696. The molecule has 1 N–H and O–H groups in total. The molecular formula is C13H11FO3. The number of benzene rings is 1. The van der Waals surface area contributed by atoms with Crippen molar-refractivity contribution < 1.29 is 18.7 Å². The lowest BCUT2D eigenvalue weighted by atomic mass is 10.0. The lowest BCUT2D eigenvalue weighted by Gasteiger charge is -2.00. The molecular weight excluding hydrogens is 223 g/mol. The molecule has 0 fully saturated rings. The molecule has 4 heteroatoms. The van der Waals surface area contributed by atoms with Gasteiger partial charge in [-0.1, -0.05) is 6.92 Å². The molecule has 2 rings (SSSR count). The van der Waals surface area contributed by atoms with Crippen LogP contribution < -0.4 is 0 Å². The maximum absolute atomic E-state index is 12.8. The highest BCUT2D eigenvalue weighted by Crippen LogP contribution is 2.28. The molecule has 1 heterocycles. The van der Waals surface area contributed by atoms with Crippen molar-refractivity contribution in [2.75, 3.05) is 0 Å². The number of carbonyl (C=O) groups is 1. The molecule has 0 aliphatic rings. The molecule has 3 nitrogen and oxygen atoms in total. The van der Waals surface area contributed by atoms with Gasteiger partial charge in [-0.2, -0.15) is 0 Å². The van der Waals surface area contributed by atoms with E-state index in [-0.39, 0.29) is 17.1 Å². The van der Waals surface area contributed by atoms with Gasteiger partial charge in [0.05, 0.1) is 6.26 Å². The van der Waals surface area contributed by atoms with Crippen LogP contribution in [0.25, 0.3) is 11.3 Å². The van der Waals surface area contributed by atoms with E-state index in [0.717, 1.165) is 0 Å². The van der Waals surface area contributed by atoms with E-state index in [9.17, 15) is 9.18 Å². The van der Waals surface area contributed by atoms with Gasteiger partial charge in [-0.3, -0.25) is 0 Å². The first-order chi connectivity index (χ1) is 8.13.